The summed E-state index contributed by atoms with van der Waals surface area (Å²) in [6, 6.07) is 0. The first-order chi connectivity index (χ1) is 25.4. The molecule has 2 atom stereocenters. The Kier molecular flexibility index (Phi) is 38.5. The fourth-order valence-corrected chi connectivity index (χ4v) is 6.91. The van der Waals surface area contributed by atoms with E-state index in [-0.39, 0.29) is 30.6 Å². The lowest BCUT2D eigenvalue weighted by atomic mass is 10.00. The fraction of sp³-hybridized carbons (Fsp3) is 0.955. The number of unbranched alkanes of at least 4 members (excludes halogenated alkanes) is 20. The van der Waals surface area contributed by atoms with Crippen molar-refractivity contribution < 1.29 is 34.0 Å². The van der Waals surface area contributed by atoms with Crippen LogP contribution in [0, 0.1) is 5.92 Å². The van der Waals surface area contributed by atoms with Crippen molar-refractivity contribution >= 4 is 11.9 Å². The Hall–Kier alpha value is -1.22. The number of hydrogen-bond acceptors (Lipinski definition) is 8. The Labute approximate surface area is 321 Å². The molecular formula is C44H87NO7. The Morgan fingerprint density at radius 2 is 1.00 bits per heavy atom. The number of aliphatic hydroxyl groups is 2. The van der Waals surface area contributed by atoms with Crippen molar-refractivity contribution in [1.29, 1.82) is 0 Å². The van der Waals surface area contributed by atoms with Gasteiger partial charge in [-0.15, -0.1) is 0 Å². The first-order valence-electron chi connectivity index (χ1n) is 22.3. The molecule has 0 bridgehead atoms. The van der Waals surface area contributed by atoms with Crippen LogP contribution in [-0.4, -0.2) is 79.4 Å². The van der Waals surface area contributed by atoms with Gasteiger partial charge < -0.3 is 29.3 Å². The molecule has 0 saturated heterocycles. The highest BCUT2D eigenvalue weighted by Gasteiger charge is 2.20. The minimum absolute atomic E-state index is 0.103. The molecule has 0 radical (unpaired) electrons. The molecule has 0 amide bonds. The van der Waals surface area contributed by atoms with E-state index >= 15 is 0 Å². The maximum Gasteiger partial charge on any atom is 0.305 e. The first-order valence-corrected chi connectivity index (χ1v) is 22.3. The number of hydrogen-bond donors (Lipinski definition) is 2. The van der Waals surface area contributed by atoms with Crippen LogP contribution in [0.5, 0.6) is 0 Å². The van der Waals surface area contributed by atoms with Crippen molar-refractivity contribution in [2.75, 3.05) is 40.0 Å². The Morgan fingerprint density at radius 1 is 0.558 bits per heavy atom. The minimum atomic E-state index is -0.661. The molecule has 52 heavy (non-hydrogen) atoms. The number of esters is 2. The molecule has 310 valence electrons. The monoisotopic (exact) mass is 742 g/mol. The van der Waals surface area contributed by atoms with Crippen molar-refractivity contribution in [3.63, 3.8) is 0 Å². The Balaban J connectivity index is 4.05. The quantitative estimate of drug-likeness (QED) is 0.0362. The summed E-state index contributed by atoms with van der Waals surface area (Å²) in [7, 11) is 1.41. The predicted octanol–water partition coefficient (Wildman–Crippen LogP) is 11.1. The molecule has 8 heteroatoms. The normalized spacial score (nSPS) is 12.8. The van der Waals surface area contributed by atoms with Crippen molar-refractivity contribution in [1.82, 2.24) is 4.90 Å². The van der Waals surface area contributed by atoms with Crippen molar-refractivity contribution in [2.45, 2.75) is 226 Å². The van der Waals surface area contributed by atoms with E-state index in [0.717, 1.165) is 110 Å². The average Bonchev–Trinajstić information content (AvgIpc) is 3.14. The molecule has 0 aromatic heterocycles. The molecule has 2 unspecified atom stereocenters. The summed E-state index contributed by atoms with van der Waals surface area (Å²) in [6.07, 6.45) is 32.6. The number of carbonyl (C=O) groups excluding carboxylic acids is 2. The number of aliphatic hydroxyl groups excluding tert-OH is 2. The van der Waals surface area contributed by atoms with Crippen LogP contribution >= 0.6 is 0 Å². The van der Waals surface area contributed by atoms with E-state index in [0.29, 0.717) is 19.4 Å². The standard InChI is InChI=1S/C44H87NO7/c1-5-7-9-11-14-23-31-41(32-24-15-12-10-8-6-2)52-44(49)40(3)30-22-17-20-28-36-45(37-38-46)35-27-19-13-16-26-34-43(48)51-39-29-21-18-25-33-42(47)50-4/h40-41,44,46,49H,5-39H2,1-4H3. The lowest BCUT2D eigenvalue weighted by Gasteiger charge is -2.26. The van der Waals surface area contributed by atoms with Crippen molar-refractivity contribution in [2.24, 2.45) is 5.92 Å². The molecule has 0 aromatic rings. The molecule has 8 nitrogen and oxygen atoms in total. The van der Waals surface area contributed by atoms with E-state index in [9.17, 15) is 19.8 Å². The molecule has 0 aliphatic rings. The van der Waals surface area contributed by atoms with Crippen LogP contribution in [0.2, 0.25) is 0 Å². The van der Waals surface area contributed by atoms with Gasteiger partial charge in [0.05, 0.1) is 26.4 Å². The van der Waals surface area contributed by atoms with Gasteiger partial charge in [0.2, 0.25) is 0 Å². The van der Waals surface area contributed by atoms with E-state index in [1.54, 1.807) is 0 Å². The minimum Gasteiger partial charge on any atom is -0.469 e. The van der Waals surface area contributed by atoms with E-state index in [2.05, 4.69) is 30.4 Å². The second-order valence-corrected chi connectivity index (χ2v) is 15.5. The summed E-state index contributed by atoms with van der Waals surface area (Å²) in [5, 5.41) is 20.5. The third kappa shape index (κ3) is 34.5. The van der Waals surface area contributed by atoms with E-state index in [1.165, 1.54) is 97.0 Å². The number of rotatable bonds is 41. The molecule has 0 aliphatic carbocycles. The molecule has 0 rings (SSSR count). The summed E-state index contributed by atoms with van der Waals surface area (Å²) < 4.78 is 16.3. The molecule has 0 aliphatic heterocycles. The maximum absolute atomic E-state index is 12.0. The largest absolute Gasteiger partial charge is 0.469 e. The van der Waals surface area contributed by atoms with Crippen LogP contribution in [0.15, 0.2) is 0 Å². The van der Waals surface area contributed by atoms with Gasteiger partial charge in [0.15, 0.2) is 6.29 Å². The van der Waals surface area contributed by atoms with Gasteiger partial charge >= 0.3 is 11.9 Å². The summed E-state index contributed by atoms with van der Waals surface area (Å²) >= 11 is 0. The summed E-state index contributed by atoms with van der Waals surface area (Å²) in [5.41, 5.74) is 0. The summed E-state index contributed by atoms with van der Waals surface area (Å²) in [5.74, 6) is -0.107. The highest BCUT2D eigenvalue weighted by Crippen LogP contribution is 2.22. The lowest BCUT2D eigenvalue weighted by molar-refractivity contribution is -0.167. The zero-order chi connectivity index (χ0) is 38.3. The molecule has 0 saturated carbocycles. The lowest BCUT2D eigenvalue weighted by Crippen LogP contribution is -2.29. The first kappa shape index (κ1) is 50.8. The topological polar surface area (TPSA) is 106 Å². The fourth-order valence-electron chi connectivity index (χ4n) is 6.91. The van der Waals surface area contributed by atoms with E-state index in [4.69, 9.17) is 9.47 Å². The van der Waals surface area contributed by atoms with Gasteiger partial charge in [0.1, 0.15) is 0 Å². The zero-order valence-electron chi connectivity index (χ0n) is 34.9. The number of carbonyl (C=O) groups is 2. The number of methoxy groups -OCH3 is 1. The van der Waals surface area contributed by atoms with Gasteiger partial charge in [-0.3, -0.25) is 9.59 Å². The molecule has 2 N–H and O–H groups in total. The predicted molar refractivity (Wildman–Crippen MR) is 216 cm³/mol. The van der Waals surface area contributed by atoms with Gasteiger partial charge in [-0.25, -0.2) is 0 Å². The van der Waals surface area contributed by atoms with Gasteiger partial charge in [-0.1, -0.05) is 149 Å². The van der Waals surface area contributed by atoms with Crippen LogP contribution < -0.4 is 0 Å². The highest BCUT2D eigenvalue weighted by molar-refractivity contribution is 5.69. The van der Waals surface area contributed by atoms with Gasteiger partial charge in [-0.2, -0.15) is 0 Å². The molecule has 0 aromatic carbocycles. The maximum atomic E-state index is 12.0. The van der Waals surface area contributed by atoms with Gasteiger partial charge in [-0.05, 0) is 64.5 Å². The van der Waals surface area contributed by atoms with Crippen LogP contribution in [-0.2, 0) is 23.8 Å². The molecule has 0 heterocycles. The van der Waals surface area contributed by atoms with Crippen molar-refractivity contribution in [3.8, 4) is 0 Å². The molecular weight excluding hydrogens is 654 g/mol. The highest BCUT2D eigenvalue weighted by atomic mass is 16.6. The molecule has 0 fully saturated rings. The molecule has 0 spiro atoms. The second kappa shape index (κ2) is 39.5. The van der Waals surface area contributed by atoms with E-state index in [1.807, 2.05) is 0 Å². The summed E-state index contributed by atoms with van der Waals surface area (Å²) in [6.45, 7) is 10.1. The van der Waals surface area contributed by atoms with Crippen LogP contribution in [0.25, 0.3) is 0 Å². The van der Waals surface area contributed by atoms with Crippen LogP contribution in [0.1, 0.15) is 213 Å². The van der Waals surface area contributed by atoms with Gasteiger partial charge in [0.25, 0.3) is 0 Å². The average molecular weight is 742 g/mol. The smallest absolute Gasteiger partial charge is 0.305 e. The summed E-state index contributed by atoms with van der Waals surface area (Å²) in [4.78, 5) is 25.5. The van der Waals surface area contributed by atoms with Crippen LogP contribution in [0.4, 0.5) is 0 Å². The Morgan fingerprint density at radius 3 is 1.52 bits per heavy atom. The Bertz CT molecular complexity index is 751. The number of ether oxygens (including phenoxy) is 3. The van der Waals surface area contributed by atoms with Crippen LogP contribution in [0.3, 0.4) is 0 Å². The van der Waals surface area contributed by atoms with Gasteiger partial charge in [0, 0.05) is 25.3 Å². The number of nitrogens with zero attached hydrogens (tertiary/aromatic N) is 1. The second-order valence-electron chi connectivity index (χ2n) is 15.5. The zero-order valence-corrected chi connectivity index (χ0v) is 34.9. The van der Waals surface area contributed by atoms with Crippen molar-refractivity contribution in [3.05, 3.63) is 0 Å². The third-order valence-electron chi connectivity index (χ3n) is 10.5. The van der Waals surface area contributed by atoms with E-state index < -0.39 is 6.29 Å². The third-order valence-corrected chi connectivity index (χ3v) is 10.5. The SMILES string of the molecule is CCCCCCCCC(CCCCCCCC)OC(O)C(C)CCCCCCN(CCO)CCCCCCCC(=O)OCCCCCCC(=O)OC.